The highest BCUT2D eigenvalue weighted by atomic mass is 32.2. The molecule has 3 aromatic rings. The van der Waals surface area contributed by atoms with Gasteiger partial charge in [-0.15, -0.1) is 11.3 Å². The van der Waals surface area contributed by atoms with Crippen molar-refractivity contribution in [2.75, 3.05) is 29.5 Å². The highest BCUT2D eigenvalue weighted by Gasteiger charge is 2.21. The predicted molar refractivity (Wildman–Crippen MR) is 104 cm³/mol. The number of hydrogen-bond acceptors (Lipinski definition) is 5. The maximum Gasteiger partial charge on any atom is 0.153 e. The summed E-state index contributed by atoms with van der Waals surface area (Å²) in [5, 5.41) is 0.852. The number of thiazole rings is 1. The van der Waals surface area contributed by atoms with Crippen LogP contribution in [0.4, 0.5) is 10.1 Å². The molecule has 2 heterocycles. The number of nitrogens with zero attached hydrogens (tertiary/aromatic N) is 2. The van der Waals surface area contributed by atoms with Gasteiger partial charge in [0, 0.05) is 30.5 Å². The number of sulfone groups is 1. The van der Waals surface area contributed by atoms with Crippen LogP contribution in [0.2, 0.25) is 0 Å². The minimum absolute atomic E-state index is 0.213. The standard InChI is InChI=1S/C19H17FN2O2S2/c20-16-5-1-15(2-6-16)19-21-13-18(25-19)14-3-7-17(8-4-14)22-9-11-26(23,24)12-10-22/h1-8,13H,9-12H2. The van der Waals surface area contributed by atoms with Gasteiger partial charge in [0.05, 0.1) is 16.4 Å². The Labute approximate surface area is 155 Å². The third kappa shape index (κ3) is 3.64. The Morgan fingerprint density at radius 3 is 2.19 bits per heavy atom. The van der Waals surface area contributed by atoms with Crippen LogP contribution < -0.4 is 4.90 Å². The highest BCUT2D eigenvalue weighted by molar-refractivity contribution is 7.91. The molecule has 1 saturated heterocycles. The maximum atomic E-state index is 13.1. The van der Waals surface area contributed by atoms with E-state index in [1.165, 1.54) is 12.1 Å². The van der Waals surface area contributed by atoms with E-state index in [0.29, 0.717) is 13.1 Å². The SMILES string of the molecule is O=S1(=O)CCN(c2ccc(-c3cnc(-c4ccc(F)cc4)s3)cc2)CC1. The molecule has 0 spiro atoms. The van der Waals surface area contributed by atoms with Crippen molar-refractivity contribution in [2.45, 2.75) is 0 Å². The Balaban J connectivity index is 1.51. The second-order valence-corrected chi connectivity index (χ2v) is 9.56. The van der Waals surface area contributed by atoms with Crippen molar-refractivity contribution >= 4 is 26.9 Å². The van der Waals surface area contributed by atoms with Gasteiger partial charge in [0.15, 0.2) is 9.84 Å². The molecule has 0 saturated carbocycles. The fraction of sp³-hybridized carbons (Fsp3) is 0.211. The van der Waals surface area contributed by atoms with E-state index in [0.717, 1.165) is 26.7 Å². The van der Waals surface area contributed by atoms with Crippen molar-refractivity contribution in [3.63, 3.8) is 0 Å². The second-order valence-electron chi connectivity index (χ2n) is 6.22. The van der Waals surface area contributed by atoms with Crippen LogP contribution in [-0.4, -0.2) is 38.0 Å². The average molecular weight is 388 g/mol. The van der Waals surface area contributed by atoms with E-state index in [1.807, 2.05) is 30.5 Å². The van der Waals surface area contributed by atoms with Gasteiger partial charge in [-0.1, -0.05) is 12.1 Å². The summed E-state index contributed by atoms with van der Waals surface area (Å²) in [6.07, 6.45) is 1.83. The van der Waals surface area contributed by atoms with Gasteiger partial charge < -0.3 is 4.90 Å². The zero-order valence-electron chi connectivity index (χ0n) is 13.9. The lowest BCUT2D eigenvalue weighted by atomic mass is 10.1. The second kappa shape index (κ2) is 6.81. The summed E-state index contributed by atoms with van der Waals surface area (Å²) in [4.78, 5) is 7.58. The molecule has 0 radical (unpaired) electrons. The molecule has 26 heavy (non-hydrogen) atoms. The Bertz CT molecular complexity index is 998. The molecule has 1 fully saturated rings. The fourth-order valence-electron chi connectivity index (χ4n) is 2.94. The molecule has 1 aliphatic heterocycles. The molecule has 0 unspecified atom stereocenters. The van der Waals surface area contributed by atoms with Gasteiger partial charge in [-0.2, -0.15) is 0 Å². The van der Waals surface area contributed by atoms with Crippen molar-refractivity contribution in [3.8, 4) is 21.0 Å². The van der Waals surface area contributed by atoms with Gasteiger partial charge in [0.25, 0.3) is 0 Å². The predicted octanol–water partition coefficient (Wildman–Crippen LogP) is 3.85. The van der Waals surface area contributed by atoms with Crippen LogP contribution in [0.3, 0.4) is 0 Å². The Hall–Kier alpha value is -2.25. The number of halogens is 1. The summed E-state index contributed by atoms with van der Waals surface area (Å²) in [6, 6.07) is 14.4. The van der Waals surface area contributed by atoms with Gasteiger partial charge in [-0.05, 0) is 42.0 Å². The molecule has 0 amide bonds. The zero-order chi connectivity index (χ0) is 18.1. The first-order chi connectivity index (χ1) is 12.5. The average Bonchev–Trinajstić information content (AvgIpc) is 3.13. The molecule has 4 rings (SSSR count). The molecule has 134 valence electrons. The number of hydrogen-bond donors (Lipinski definition) is 0. The smallest absolute Gasteiger partial charge is 0.153 e. The molecule has 0 N–H and O–H groups in total. The van der Waals surface area contributed by atoms with E-state index < -0.39 is 9.84 Å². The molecule has 0 aliphatic carbocycles. The topological polar surface area (TPSA) is 50.3 Å². The first-order valence-electron chi connectivity index (χ1n) is 8.28. The van der Waals surface area contributed by atoms with Gasteiger partial charge in [0.2, 0.25) is 0 Å². The molecular formula is C19H17FN2O2S2. The quantitative estimate of drug-likeness (QED) is 0.684. The van der Waals surface area contributed by atoms with Gasteiger partial charge in [-0.3, -0.25) is 0 Å². The molecule has 2 aromatic carbocycles. The van der Waals surface area contributed by atoms with Crippen LogP contribution in [0.1, 0.15) is 0 Å². The lowest BCUT2D eigenvalue weighted by Crippen LogP contribution is -2.40. The third-order valence-corrected chi connectivity index (χ3v) is 7.16. The number of aromatic nitrogens is 1. The minimum atomic E-state index is -2.87. The van der Waals surface area contributed by atoms with Crippen molar-refractivity contribution in [1.29, 1.82) is 0 Å². The van der Waals surface area contributed by atoms with Crippen LogP contribution in [0.5, 0.6) is 0 Å². The van der Waals surface area contributed by atoms with Crippen molar-refractivity contribution in [1.82, 2.24) is 4.98 Å². The van der Waals surface area contributed by atoms with Gasteiger partial charge >= 0.3 is 0 Å². The maximum absolute atomic E-state index is 13.1. The number of rotatable bonds is 3. The Morgan fingerprint density at radius 1 is 0.923 bits per heavy atom. The fourth-order valence-corrected chi connectivity index (χ4v) is 5.07. The van der Waals surface area contributed by atoms with Gasteiger partial charge in [0.1, 0.15) is 10.8 Å². The van der Waals surface area contributed by atoms with Crippen LogP contribution >= 0.6 is 11.3 Å². The lowest BCUT2D eigenvalue weighted by Gasteiger charge is -2.28. The molecule has 7 heteroatoms. The van der Waals surface area contributed by atoms with Crippen molar-refractivity contribution < 1.29 is 12.8 Å². The van der Waals surface area contributed by atoms with E-state index in [1.54, 1.807) is 23.5 Å². The molecule has 1 aliphatic rings. The molecule has 4 nitrogen and oxygen atoms in total. The summed E-state index contributed by atoms with van der Waals surface area (Å²) in [6.45, 7) is 1.08. The van der Waals surface area contributed by atoms with Crippen LogP contribution in [0, 0.1) is 5.82 Å². The number of benzene rings is 2. The van der Waals surface area contributed by atoms with Crippen LogP contribution in [-0.2, 0) is 9.84 Å². The Kier molecular flexibility index (Phi) is 4.50. The molecule has 0 bridgehead atoms. The summed E-state index contributed by atoms with van der Waals surface area (Å²) >= 11 is 1.56. The molecular weight excluding hydrogens is 371 g/mol. The van der Waals surface area contributed by atoms with Gasteiger partial charge in [-0.25, -0.2) is 17.8 Å². The summed E-state index contributed by atoms with van der Waals surface area (Å²) in [5.74, 6) is 0.168. The third-order valence-electron chi connectivity index (χ3n) is 4.46. The van der Waals surface area contributed by atoms with Crippen LogP contribution in [0.15, 0.2) is 54.7 Å². The lowest BCUT2D eigenvalue weighted by molar-refractivity contribution is 0.587. The molecule has 1 aromatic heterocycles. The van der Waals surface area contributed by atoms with E-state index in [-0.39, 0.29) is 17.3 Å². The zero-order valence-corrected chi connectivity index (χ0v) is 15.6. The van der Waals surface area contributed by atoms with Crippen molar-refractivity contribution in [2.24, 2.45) is 0 Å². The van der Waals surface area contributed by atoms with E-state index >= 15 is 0 Å². The minimum Gasteiger partial charge on any atom is -0.369 e. The summed E-state index contributed by atoms with van der Waals surface area (Å²) < 4.78 is 36.2. The Morgan fingerprint density at radius 2 is 1.54 bits per heavy atom. The van der Waals surface area contributed by atoms with Crippen molar-refractivity contribution in [3.05, 3.63) is 60.5 Å². The monoisotopic (exact) mass is 388 g/mol. The molecule has 0 atom stereocenters. The van der Waals surface area contributed by atoms with E-state index in [4.69, 9.17) is 0 Å². The first kappa shape index (κ1) is 17.2. The highest BCUT2D eigenvalue weighted by Crippen LogP contribution is 2.33. The summed E-state index contributed by atoms with van der Waals surface area (Å²) in [5.41, 5.74) is 2.99. The van der Waals surface area contributed by atoms with E-state index in [9.17, 15) is 12.8 Å². The first-order valence-corrected chi connectivity index (χ1v) is 10.9. The van der Waals surface area contributed by atoms with Crippen LogP contribution in [0.25, 0.3) is 21.0 Å². The summed E-state index contributed by atoms with van der Waals surface area (Å²) in [7, 11) is -2.87. The van der Waals surface area contributed by atoms with E-state index in [2.05, 4.69) is 9.88 Å². The largest absolute Gasteiger partial charge is 0.369 e. The number of anilines is 1. The normalized spacial score (nSPS) is 16.6.